The average molecular weight is 382 g/mol. The van der Waals surface area contributed by atoms with Gasteiger partial charge in [0, 0.05) is 30.6 Å². The molecular formula is C19H22N6OS. The molecule has 4 rings (SSSR count). The van der Waals surface area contributed by atoms with Gasteiger partial charge in [0.15, 0.2) is 0 Å². The third kappa shape index (κ3) is 4.45. The van der Waals surface area contributed by atoms with Crippen LogP contribution in [0.3, 0.4) is 0 Å². The van der Waals surface area contributed by atoms with Crippen molar-refractivity contribution in [2.24, 2.45) is 5.92 Å². The quantitative estimate of drug-likeness (QED) is 0.674. The van der Waals surface area contributed by atoms with E-state index in [0.29, 0.717) is 11.6 Å². The Bertz CT molecular complexity index is 946. The first-order valence-corrected chi connectivity index (χ1v) is 9.97. The highest BCUT2D eigenvalue weighted by Crippen LogP contribution is 2.21. The van der Waals surface area contributed by atoms with Gasteiger partial charge >= 0.3 is 0 Å². The van der Waals surface area contributed by atoms with Gasteiger partial charge in [0.25, 0.3) is 5.56 Å². The van der Waals surface area contributed by atoms with Gasteiger partial charge < -0.3 is 0 Å². The molecule has 0 unspecified atom stereocenters. The molecule has 0 radical (unpaired) electrons. The summed E-state index contributed by atoms with van der Waals surface area (Å²) in [4.78, 5) is 23.4. The fourth-order valence-electron chi connectivity index (χ4n) is 3.43. The summed E-state index contributed by atoms with van der Waals surface area (Å²) in [5.41, 5.74) is 1.53. The van der Waals surface area contributed by atoms with E-state index >= 15 is 0 Å². The number of hydrogen-bond acceptors (Lipinski definition) is 7. The number of aryl methyl sites for hydroxylation is 1. The molecule has 4 heterocycles. The number of hydrogen-bond donors (Lipinski definition) is 0. The predicted octanol–water partition coefficient (Wildman–Crippen LogP) is 2.38. The van der Waals surface area contributed by atoms with Crippen LogP contribution in [0.2, 0.25) is 0 Å². The van der Waals surface area contributed by atoms with Crippen molar-refractivity contribution in [1.82, 2.24) is 29.6 Å². The molecule has 1 saturated heterocycles. The lowest BCUT2D eigenvalue weighted by molar-refractivity contribution is 0.166. The normalized spacial score (nSPS) is 15.9. The molecule has 0 spiro atoms. The largest absolute Gasteiger partial charge is 0.299 e. The zero-order valence-corrected chi connectivity index (χ0v) is 16.1. The minimum absolute atomic E-state index is 0.00406. The fourth-order valence-corrected chi connectivity index (χ4v) is 4.18. The average Bonchev–Trinajstić information content (AvgIpc) is 3.10. The smallest absolute Gasteiger partial charge is 0.253 e. The Morgan fingerprint density at radius 3 is 2.78 bits per heavy atom. The van der Waals surface area contributed by atoms with Crippen LogP contribution in [0.5, 0.6) is 0 Å². The molecule has 8 heteroatoms. The summed E-state index contributed by atoms with van der Waals surface area (Å²) in [6, 6.07) is 5.36. The van der Waals surface area contributed by atoms with Crippen LogP contribution in [0.25, 0.3) is 11.3 Å². The van der Waals surface area contributed by atoms with Crippen molar-refractivity contribution in [3.05, 3.63) is 57.3 Å². The molecule has 0 saturated carbocycles. The highest BCUT2D eigenvalue weighted by Gasteiger charge is 2.21. The number of pyridine rings is 1. The minimum Gasteiger partial charge on any atom is -0.299 e. The van der Waals surface area contributed by atoms with Gasteiger partial charge in [0.1, 0.15) is 10.0 Å². The first kappa shape index (κ1) is 17.9. The Kier molecular flexibility index (Phi) is 5.35. The lowest BCUT2D eigenvalue weighted by atomic mass is 9.97. The Balaban J connectivity index is 1.34. The molecule has 7 nitrogen and oxygen atoms in total. The molecule has 0 bridgehead atoms. The molecule has 1 aliphatic heterocycles. The van der Waals surface area contributed by atoms with E-state index in [1.807, 2.05) is 19.1 Å². The second kappa shape index (κ2) is 8.06. The van der Waals surface area contributed by atoms with E-state index in [-0.39, 0.29) is 5.56 Å². The molecule has 3 aromatic heterocycles. The van der Waals surface area contributed by atoms with Gasteiger partial charge in [-0.25, -0.2) is 4.98 Å². The summed E-state index contributed by atoms with van der Waals surface area (Å²) in [7, 11) is 0. The number of likely N-dealkylation sites (tertiary alicyclic amines) is 1. The van der Waals surface area contributed by atoms with Crippen molar-refractivity contribution in [2.75, 3.05) is 13.1 Å². The molecular weight excluding hydrogens is 360 g/mol. The zero-order valence-electron chi connectivity index (χ0n) is 15.3. The predicted molar refractivity (Wildman–Crippen MR) is 104 cm³/mol. The molecule has 1 aliphatic rings. The number of aromatic nitrogens is 5. The minimum atomic E-state index is -0.00406. The third-order valence-electron chi connectivity index (χ3n) is 4.93. The Labute approximate surface area is 161 Å². The summed E-state index contributed by atoms with van der Waals surface area (Å²) in [6.07, 6.45) is 7.26. The molecule has 140 valence electrons. The van der Waals surface area contributed by atoms with Crippen molar-refractivity contribution in [2.45, 2.75) is 32.9 Å². The monoisotopic (exact) mass is 382 g/mol. The van der Waals surface area contributed by atoms with Crippen LogP contribution in [0.4, 0.5) is 0 Å². The summed E-state index contributed by atoms with van der Waals surface area (Å²) in [5.74, 6) is 0.501. The van der Waals surface area contributed by atoms with Crippen LogP contribution in [0.1, 0.15) is 22.9 Å². The number of rotatable bonds is 5. The highest BCUT2D eigenvalue weighted by molar-refractivity contribution is 7.11. The third-order valence-corrected chi connectivity index (χ3v) is 5.75. The Morgan fingerprint density at radius 2 is 2.11 bits per heavy atom. The lowest BCUT2D eigenvalue weighted by Gasteiger charge is -2.31. The van der Waals surface area contributed by atoms with Gasteiger partial charge in [0.2, 0.25) is 0 Å². The maximum atomic E-state index is 12.5. The fraction of sp³-hybridized carbons (Fsp3) is 0.421. The second-order valence-corrected chi connectivity index (χ2v) is 8.21. The first-order chi connectivity index (χ1) is 13.2. The Morgan fingerprint density at radius 1 is 1.26 bits per heavy atom. The van der Waals surface area contributed by atoms with Gasteiger partial charge in [-0.2, -0.15) is 0 Å². The van der Waals surface area contributed by atoms with Crippen molar-refractivity contribution in [1.29, 1.82) is 0 Å². The van der Waals surface area contributed by atoms with Gasteiger partial charge in [-0.3, -0.25) is 19.2 Å². The molecule has 0 aliphatic carbocycles. The van der Waals surface area contributed by atoms with E-state index in [0.717, 1.165) is 54.6 Å². The SMILES string of the molecule is Cc1nnc(CN2CCC(Cn3cnc(-c4cccnc4)cc3=O)CC2)s1. The molecule has 0 atom stereocenters. The molecule has 3 aromatic rings. The number of nitrogens with zero attached hydrogens (tertiary/aromatic N) is 6. The molecule has 0 aromatic carbocycles. The maximum Gasteiger partial charge on any atom is 0.253 e. The van der Waals surface area contributed by atoms with Crippen LogP contribution in [0.15, 0.2) is 41.7 Å². The van der Waals surface area contributed by atoms with Crippen LogP contribution in [-0.2, 0) is 13.1 Å². The van der Waals surface area contributed by atoms with Crippen LogP contribution < -0.4 is 5.56 Å². The van der Waals surface area contributed by atoms with Gasteiger partial charge in [-0.1, -0.05) is 0 Å². The van der Waals surface area contributed by atoms with Crippen LogP contribution >= 0.6 is 11.3 Å². The zero-order chi connectivity index (χ0) is 18.6. The Hall–Kier alpha value is -2.45. The van der Waals surface area contributed by atoms with Gasteiger partial charge in [-0.15, -0.1) is 21.5 Å². The van der Waals surface area contributed by atoms with E-state index in [9.17, 15) is 4.79 Å². The first-order valence-electron chi connectivity index (χ1n) is 9.15. The van der Waals surface area contributed by atoms with Gasteiger partial charge in [-0.05, 0) is 50.9 Å². The van der Waals surface area contributed by atoms with Crippen LogP contribution in [0, 0.1) is 12.8 Å². The van der Waals surface area contributed by atoms with E-state index < -0.39 is 0 Å². The summed E-state index contributed by atoms with van der Waals surface area (Å²) in [5, 5.41) is 10.4. The molecule has 0 N–H and O–H groups in total. The molecule has 1 fully saturated rings. The van der Waals surface area contributed by atoms with Crippen LogP contribution in [-0.4, -0.2) is 42.7 Å². The summed E-state index contributed by atoms with van der Waals surface area (Å²) in [6.45, 7) is 5.64. The van der Waals surface area contributed by atoms with Crippen molar-refractivity contribution in [3.63, 3.8) is 0 Å². The summed E-state index contributed by atoms with van der Waals surface area (Å²) < 4.78 is 1.73. The molecule has 27 heavy (non-hydrogen) atoms. The van der Waals surface area contributed by atoms with Crippen molar-refractivity contribution < 1.29 is 0 Å². The van der Waals surface area contributed by atoms with Gasteiger partial charge in [0.05, 0.1) is 18.6 Å². The summed E-state index contributed by atoms with van der Waals surface area (Å²) >= 11 is 1.66. The topological polar surface area (TPSA) is 76.8 Å². The highest BCUT2D eigenvalue weighted by atomic mass is 32.1. The maximum absolute atomic E-state index is 12.5. The van der Waals surface area contributed by atoms with E-state index in [2.05, 4.69) is 25.1 Å². The van der Waals surface area contributed by atoms with E-state index in [1.54, 1.807) is 40.7 Å². The van der Waals surface area contributed by atoms with E-state index in [4.69, 9.17) is 0 Å². The lowest BCUT2D eigenvalue weighted by Crippen LogP contribution is -2.36. The van der Waals surface area contributed by atoms with Crippen molar-refractivity contribution in [3.8, 4) is 11.3 Å². The second-order valence-electron chi connectivity index (χ2n) is 6.94. The number of piperidine rings is 1. The van der Waals surface area contributed by atoms with E-state index in [1.165, 1.54) is 0 Å². The standard InChI is InChI=1S/C19H22N6OS/c1-14-22-23-18(27-14)12-24-7-4-15(5-8-24)11-25-13-21-17(9-19(25)26)16-3-2-6-20-10-16/h2-3,6,9-10,13,15H,4-5,7-8,11-12H2,1H3. The molecule has 0 amide bonds. The van der Waals surface area contributed by atoms with Crippen molar-refractivity contribution >= 4 is 11.3 Å².